The van der Waals surface area contributed by atoms with Crippen LogP contribution in [0.4, 0.5) is 4.39 Å². The summed E-state index contributed by atoms with van der Waals surface area (Å²) >= 11 is 5.64. The Morgan fingerprint density at radius 3 is 2.90 bits per heavy atom. The Bertz CT molecular complexity index is 607. The van der Waals surface area contributed by atoms with Crippen molar-refractivity contribution in [3.8, 4) is 0 Å². The van der Waals surface area contributed by atoms with Crippen LogP contribution in [-0.4, -0.2) is 46.8 Å². The molecule has 112 valence electrons. The average Bonchev–Trinajstić information content (AvgIpc) is 2.93. The van der Waals surface area contributed by atoms with Crippen molar-refractivity contribution in [2.45, 2.75) is 31.8 Å². The summed E-state index contributed by atoms with van der Waals surface area (Å²) < 4.78 is 13.5. The molecule has 0 radical (unpaired) electrons. The van der Waals surface area contributed by atoms with E-state index in [-0.39, 0.29) is 28.4 Å². The number of fused-ring (bicyclic) bond motifs is 1. The lowest BCUT2D eigenvalue weighted by atomic mass is 10.1. The molecule has 0 spiro atoms. The van der Waals surface area contributed by atoms with Crippen molar-refractivity contribution in [1.29, 1.82) is 0 Å². The molecule has 3 rings (SSSR count). The van der Waals surface area contributed by atoms with Crippen LogP contribution in [0.25, 0.3) is 0 Å². The third-order valence-corrected chi connectivity index (χ3v) is 4.63. The first-order valence-electron chi connectivity index (χ1n) is 7.05. The van der Waals surface area contributed by atoms with E-state index >= 15 is 0 Å². The number of hydrogen-bond donors (Lipinski definition) is 0. The van der Waals surface area contributed by atoms with Gasteiger partial charge >= 0.3 is 0 Å². The minimum Gasteiger partial charge on any atom is -0.336 e. The molecule has 2 aliphatic rings. The maximum atomic E-state index is 13.5. The van der Waals surface area contributed by atoms with E-state index in [2.05, 4.69) is 0 Å². The molecule has 0 aromatic heterocycles. The largest absolute Gasteiger partial charge is 0.336 e. The zero-order valence-corrected chi connectivity index (χ0v) is 12.4. The second-order valence-electron chi connectivity index (χ2n) is 5.59. The van der Waals surface area contributed by atoms with Crippen molar-refractivity contribution in [3.05, 3.63) is 34.6 Å². The van der Waals surface area contributed by atoms with Gasteiger partial charge in [0.05, 0.1) is 5.02 Å². The van der Waals surface area contributed by atoms with Crippen LogP contribution in [0.1, 0.15) is 30.1 Å². The number of amides is 2. The normalized spacial score (nSPS) is 25.2. The highest BCUT2D eigenvalue weighted by molar-refractivity contribution is 6.30. The van der Waals surface area contributed by atoms with Gasteiger partial charge in [0.1, 0.15) is 11.9 Å². The van der Waals surface area contributed by atoms with Gasteiger partial charge < -0.3 is 9.80 Å². The second kappa shape index (κ2) is 5.30. The molecule has 0 unspecified atom stereocenters. The lowest BCUT2D eigenvalue weighted by Crippen LogP contribution is -2.60. The summed E-state index contributed by atoms with van der Waals surface area (Å²) in [5, 5.41) is -0.0173. The van der Waals surface area contributed by atoms with Gasteiger partial charge in [-0.15, -0.1) is 0 Å². The standard InChI is InChI=1S/C15H16ClFN2O2/c1-9-14(20)18-6-2-3-11(18)8-19(9)15(21)10-4-5-12(16)13(17)7-10/h4-5,7,9,11H,2-3,6,8H2,1H3/t9-,11-/m0/s1. The van der Waals surface area contributed by atoms with Gasteiger partial charge in [0, 0.05) is 24.7 Å². The van der Waals surface area contributed by atoms with Crippen molar-refractivity contribution in [3.63, 3.8) is 0 Å². The molecule has 0 aliphatic carbocycles. The van der Waals surface area contributed by atoms with Gasteiger partial charge in [-0.1, -0.05) is 11.6 Å². The first kappa shape index (κ1) is 14.3. The molecule has 0 N–H and O–H groups in total. The van der Waals surface area contributed by atoms with Crippen molar-refractivity contribution in [2.75, 3.05) is 13.1 Å². The van der Waals surface area contributed by atoms with E-state index in [1.807, 2.05) is 4.90 Å². The van der Waals surface area contributed by atoms with Crippen molar-refractivity contribution >= 4 is 23.4 Å². The summed E-state index contributed by atoms with van der Waals surface area (Å²) in [5.74, 6) is -0.967. The molecule has 2 atom stereocenters. The number of hydrogen-bond acceptors (Lipinski definition) is 2. The Hall–Kier alpha value is -1.62. The van der Waals surface area contributed by atoms with Gasteiger partial charge in [-0.2, -0.15) is 0 Å². The molecule has 4 nitrogen and oxygen atoms in total. The van der Waals surface area contributed by atoms with Gasteiger partial charge in [0.25, 0.3) is 5.91 Å². The first-order chi connectivity index (χ1) is 9.99. The molecule has 2 saturated heterocycles. The van der Waals surface area contributed by atoms with Crippen molar-refractivity contribution in [2.24, 2.45) is 0 Å². The maximum absolute atomic E-state index is 13.5. The Morgan fingerprint density at radius 2 is 2.19 bits per heavy atom. The Morgan fingerprint density at radius 1 is 1.43 bits per heavy atom. The van der Waals surface area contributed by atoms with E-state index in [9.17, 15) is 14.0 Å². The number of benzene rings is 1. The molecule has 1 aromatic carbocycles. The van der Waals surface area contributed by atoms with E-state index in [1.165, 1.54) is 17.0 Å². The zero-order chi connectivity index (χ0) is 15.1. The van der Waals surface area contributed by atoms with Gasteiger partial charge in [0.15, 0.2) is 0 Å². The SMILES string of the molecule is C[C@H]1C(=O)N2CCC[C@H]2CN1C(=O)c1ccc(Cl)c(F)c1. The fourth-order valence-corrected chi connectivity index (χ4v) is 3.25. The monoisotopic (exact) mass is 310 g/mol. The molecule has 2 amide bonds. The third-order valence-electron chi connectivity index (χ3n) is 4.32. The summed E-state index contributed by atoms with van der Waals surface area (Å²) in [6, 6.07) is 3.57. The van der Waals surface area contributed by atoms with E-state index in [4.69, 9.17) is 11.6 Å². The predicted molar refractivity (Wildman–Crippen MR) is 76.6 cm³/mol. The summed E-state index contributed by atoms with van der Waals surface area (Å²) in [6.07, 6.45) is 1.89. The molecule has 0 saturated carbocycles. The first-order valence-corrected chi connectivity index (χ1v) is 7.43. The van der Waals surface area contributed by atoms with Crippen LogP contribution in [0.15, 0.2) is 18.2 Å². The summed E-state index contributed by atoms with van der Waals surface area (Å²) in [4.78, 5) is 28.3. The zero-order valence-electron chi connectivity index (χ0n) is 11.7. The number of piperazine rings is 1. The summed E-state index contributed by atoms with van der Waals surface area (Å²) in [6.45, 7) is 3.00. The molecule has 0 bridgehead atoms. The van der Waals surface area contributed by atoms with Crippen LogP contribution in [0, 0.1) is 5.82 Å². The number of halogens is 2. The number of carbonyl (C=O) groups excluding carboxylic acids is 2. The van der Waals surface area contributed by atoms with Gasteiger partial charge in [-0.3, -0.25) is 9.59 Å². The van der Waals surface area contributed by atoms with Crippen molar-refractivity contribution < 1.29 is 14.0 Å². The van der Waals surface area contributed by atoms with Gasteiger partial charge in [-0.05, 0) is 38.0 Å². The van der Waals surface area contributed by atoms with Crippen LogP contribution in [0.2, 0.25) is 5.02 Å². The van der Waals surface area contributed by atoms with Gasteiger partial charge in [-0.25, -0.2) is 4.39 Å². The highest BCUT2D eigenvalue weighted by Gasteiger charge is 2.42. The molecule has 1 aromatic rings. The summed E-state index contributed by atoms with van der Waals surface area (Å²) in [7, 11) is 0. The lowest BCUT2D eigenvalue weighted by molar-refractivity contribution is -0.141. The molecule has 2 aliphatic heterocycles. The van der Waals surface area contributed by atoms with Crippen LogP contribution in [0.5, 0.6) is 0 Å². The molecule has 21 heavy (non-hydrogen) atoms. The minimum atomic E-state index is -0.624. The molecule has 2 fully saturated rings. The summed E-state index contributed by atoms with van der Waals surface area (Å²) in [5.41, 5.74) is 0.225. The smallest absolute Gasteiger partial charge is 0.254 e. The highest BCUT2D eigenvalue weighted by Crippen LogP contribution is 2.27. The fourth-order valence-electron chi connectivity index (χ4n) is 3.13. The van der Waals surface area contributed by atoms with E-state index in [0.29, 0.717) is 6.54 Å². The predicted octanol–water partition coefficient (Wildman–Crippen LogP) is 2.31. The molecule has 2 heterocycles. The van der Waals surface area contributed by atoms with Crippen LogP contribution < -0.4 is 0 Å². The number of rotatable bonds is 1. The van der Waals surface area contributed by atoms with Crippen molar-refractivity contribution in [1.82, 2.24) is 9.80 Å². The topological polar surface area (TPSA) is 40.6 Å². The minimum absolute atomic E-state index is 0.0173. The molecular weight excluding hydrogens is 295 g/mol. The lowest BCUT2D eigenvalue weighted by Gasteiger charge is -2.41. The van der Waals surface area contributed by atoms with Gasteiger partial charge in [0.2, 0.25) is 5.91 Å². The van der Waals surface area contributed by atoms with E-state index in [0.717, 1.165) is 25.5 Å². The average molecular weight is 311 g/mol. The van der Waals surface area contributed by atoms with E-state index < -0.39 is 11.9 Å². The molecule has 6 heteroatoms. The second-order valence-corrected chi connectivity index (χ2v) is 6.00. The third kappa shape index (κ3) is 2.39. The van der Waals surface area contributed by atoms with Crippen LogP contribution in [0.3, 0.4) is 0 Å². The fraction of sp³-hybridized carbons (Fsp3) is 0.467. The molecular formula is C15H16ClFN2O2. The number of nitrogens with zero attached hydrogens (tertiary/aromatic N) is 2. The highest BCUT2D eigenvalue weighted by atomic mass is 35.5. The number of carbonyl (C=O) groups is 2. The van der Waals surface area contributed by atoms with Crippen LogP contribution >= 0.6 is 11.6 Å². The Labute approximate surface area is 127 Å². The maximum Gasteiger partial charge on any atom is 0.254 e. The van der Waals surface area contributed by atoms with Crippen LogP contribution in [-0.2, 0) is 4.79 Å². The quantitative estimate of drug-likeness (QED) is 0.798. The van der Waals surface area contributed by atoms with E-state index in [1.54, 1.807) is 6.92 Å². The Kier molecular flexibility index (Phi) is 3.61. The Balaban J connectivity index is 1.86.